The van der Waals surface area contributed by atoms with Crippen molar-refractivity contribution in [3.05, 3.63) is 0 Å². The summed E-state index contributed by atoms with van der Waals surface area (Å²) in [4.78, 5) is 23.4. The first-order chi connectivity index (χ1) is 10.6. The number of carbonyl (C=O) groups excluding carboxylic acids is 2. The third-order valence-electron chi connectivity index (χ3n) is 3.70. The fraction of sp³-hybridized carbons (Fsp3) is 0.882. The van der Waals surface area contributed by atoms with Crippen LogP contribution in [0, 0.1) is 0 Å². The molecule has 5 heteroatoms. The molecule has 0 saturated carbocycles. The van der Waals surface area contributed by atoms with Crippen LogP contribution < -0.4 is 16.4 Å². The van der Waals surface area contributed by atoms with Crippen molar-refractivity contribution in [2.24, 2.45) is 5.73 Å². The maximum Gasteiger partial charge on any atom is 0.236 e. The highest BCUT2D eigenvalue weighted by Crippen LogP contribution is 2.00. The number of unbranched alkanes of at least 4 members (excludes halogenated alkanes) is 6. The van der Waals surface area contributed by atoms with Gasteiger partial charge in [-0.3, -0.25) is 9.59 Å². The molecular weight excluding hydrogens is 278 g/mol. The second-order valence-corrected chi connectivity index (χ2v) is 5.91. The van der Waals surface area contributed by atoms with Crippen LogP contribution in [0.2, 0.25) is 0 Å². The molecule has 0 fully saturated rings. The maximum absolute atomic E-state index is 11.8. The van der Waals surface area contributed by atoms with E-state index in [1.807, 2.05) is 0 Å². The average molecular weight is 313 g/mol. The standard InChI is InChI=1S/C17H35N3O2/c1-3-5-7-9-13-19-16(21)12-11-15(18)17(22)20-14-10-8-6-4-2/h15H,3-14,18H2,1-2H3,(H,19,21)(H,20,22)/t15-/m1/s1. The molecule has 130 valence electrons. The summed E-state index contributed by atoms with van der Waals surface area (Å²) in [6, 6.07) is -0.586. The van der Waals surface area contributed by atoms with Gasteiger partial charge in [0, 0.05) is 19.5 Å². The van der Waals surface area contributed by atoms with E-state index in [9.17, 15) is 9.59 Å². The number of hydrogen-bond acceptors (Lipinski definition) is 3. The summed E-state index contributed by atoms with van der Waals surface area (Å²) in [5, 5.41) is 5.71. The van der Waals surface area contributed by atoms with Gasteiger partial charge in [-0.05, 0) is 19.3 Å². The molecule has 0 aliphatic carbocycles. The van der Waals surface area contributed by atoms with Crippen molar-refractivity contribution < 1.29 is 9.59 Å². The quantitative estimate of drug-likeness (QED) is 0.431. The van der Waals surface area contributed by atoms with Gasteiger partial charge in [0.25, 0.3) is 0 Å². The lowest BCUT2D eigenvalue weighted by molar-refractivity contribution is -0.123. The number of nitrogens with one attached hydrogen (secondary N) is 2. The SMILES string of the molecule is CCCCCCNC(=O)CC[C@@H](N)C(=O)NCCCCCC. The topological polar surface area (TPSA) is 84.2 Å². The minimum Gasteiger partial charge on any atom is -0.356 e. The van der Waals surface area contributed by atoms with Crippen molar-refractivity contribution in [2.75, 3.05) is 13.1 Å². The van der Waals surface area contributed by atoms with E-state index in [0.717, 1.165) is 32.2 Å². The first-order valence-corrected chi connectivity index (χ1v) is 8.91. The van der Waals surface area contributed by atoms with Crippen molar-refractivity contribution >= 4 is 11.8 Å². The summed E-state index contributed by atoms with van der Waals surface area (Å²) < 4.78 is 0. The summed E-state index contributed by atoms with van der Waals surface area (Å²) in [5.74, 6) is -0.157. The van der Waals surface area contributed by atoms with E-state index in [-0.39, 0.29) is 11.8 Å². The van der Waals surface area contributed by atoms with Crippen LogP contribution in [0.5, 0.6) is 0 Å². The van der Waals surface area contributed by atoms with Crippen LogP contribution >= 0.6 is 0 Å². The molecule has 0 aromatic heterocycles. The molecule has 1 atom stereocenters. The number of rotatable bonds is 14. The molecular formula is C17H35N3O2. The van der Waals surface area contributed by atoms with Gasteiger partial charge in [-0.25, -0.2) is 0 Å². The van der Waals surface area contributed by atoms with E-state index in [1.165, 1.54) is 25.7 Å². The summed E-state index contributed by atoms with van der Waals surface area (Å²) in [6.07, 6.45) is 9.79. The third-order valence-corrected chi connectivity index (χ3v) is 3.70. The van der Waals surface area contributed by atoms with Gasteiger partial charge in [-0.2, -0.15) is 0 Å². The monoisotopic (exact) mass is 313 g/mol. The van der Waals surface area contributed by atoms with Crippen LogP contribution in [-0.2, 0) is 9.59 Å². The second-order valence-electron chi connectivity index (χ2n) is 5.91. The molecule has 0 heterocycles. The Balaban J connectivity index is 3.58. The van der Waals surface area contributed by atoms with Gasteiger partial charge < -0.3 is 16.4 Å². The fourth-order valence-electron chi connectivity index (χ4n) is 2.18. The summed E-state index contributed by atoms with van der Waals surface area (Å²) in [7, 11) is 0. The predicted molar refractivity (Wildman–Crippen MR) is 91.5 cm³/mol. The van der Waals surface area contributed by atoms with Crippen molar-refractivity contribution in [1.82, 2.24) is 10.6 Å². The predicted octanol–water partition coefficient (Wildman–Crippen LogP) is 2.49. The van der Waals surface area contributed by atoms with E-state index < -0.39 is 6.04 Å². The van der Waals surface area contributed by atoms with Crippen LogP contribution in [-0.4, -0.2) is 30.9 Å². The lowest BCUT2D eigenvalue weighted by atomic mass is 10.1. The van der Waals surface area contributed by atoms with Crippen LogP contribution in [0.15, 0.2) is 0 Å². The molecule has 0 aromatic rings. The number of amides is 2. The minimum absolute atomic E-state index is 0.0114. The third kappa shape index (κ3) is 12.6. The zero-order chi connectivity index (χ0) is 16.6. The van der Waals surface area contributed by atoms with E-state index >= 15 is 0 Å². The second kappa shape index (κ2) is 14.8. The first kappa shape index (κ1) is 20.9. The molecule has 4 N–H and O–H groups in total. The van der Waals surface area contributed by atoms with Crippen LogP contribution in [0.3, 0.4) is 0 Å². The molecule has 0 aromatic carbocycles. The largest absolute Gasteiger partial charge is 0.356 e. The van der Waals surface area contributed by atoms with E-state index in [0.29, 0.717) is 19.4 Å². The Hall–Kier alpha value is -1.10. The maximum atomic E-state index is 11.8. The Morgan fingerprint density at radius 2 is 1.41 bits per heavy atom. The molecule has 0 bridgehead atoms. The highest BCUT2D eigenvalue weighted by Gasteiger charge is 2.14. The molecule has 0 saturated heterocycles. The number of carbonyl (C=O) groups is 2. The van der Waals surface area contributed by atoms with Gasteiger partial charge in [0.05, 0.1) is 6.04 Å². The van der Waals surface area contributed by atoms with Gasteiger partial charge in [0.15, 0.2) is 0 Å². The van der Waals surface area contributed by atoms with E-state index in [4.69, 9.17) is 5.73 Å². The lowest BCUT2D eigenvalue weighted by Gasteiger charge is -2.12. The zero-order valence-electron chi connectivity index (χ0n) is 14.5. The normalized spacial score (nSPS) is 12.0. The fourth-order valence-corrected chi connectivity index (χ4v) is 2.18. The lowest BCUT2D eigenvalue weighted by Crippen LogP contribution is -2.41. The molecule has 0 aliphatic rings. The van der Waals surface area contributed by atoms with Gasteiger partial charge in [-0.1, -0.05) is 52.4 Å². The Bertz CT molecular complexity index is 296. The Labute approximate surface area is 135 Å². The highest BCUT2D eigenvalue weighted by atomic mass is 16.2. The zero-order valence-corrected chi connectivity index (χ0v) is 14.5. The molecule has 2 amide bonds. The van der Waals surface area contributed by atoms with Crippen LogP contribution in [0.1, 0.15) is 78.1 Å². The average Bonchev–Trinajstić information content (AvgIpc) is 2.52. The van der Waals surface area contributed by atoms with E-state index in [1.54, 1.807) is 0 Å². The Morgan fingerprint density at radius 3 is 1.95 bits per heavy atom. The van der Waals surface area contributed by atoms with E-state index in [2.05, 4.69) is 24.5 Å². The van der Waals surface area contributed by atoms with Crippen molar-refractivity contribution in [3.63, 3.8) is 0 Å². The first-order valence-electron chi connectivity index (χ1n) is 8.91. The summed E-state index contributed by atoms with van der Waals surface area (Å²) in [5.41, 5.74) is 5.81. The van der Waals surface area contributed by atoms with Gasteiger partial charge >= 0.3 is 0 Å². The smallest absolute Gasteiger partial charge is 0.236 e. The van der Waals surface area contributed by atoms with Crippen LogP contribution in [0.25, 0.3) is 0 Å². The molecule has 22 heavy (non-hydrogen) atoms. The summed E-state index contributed by atoms with van der Waals surface area (Å²) in [6.45, 7) is 5.71. The number of nitrogens with two attached hydrogens (primary N) is 1. The number of hydrogen-bond donors (Lipinski definition) is 3. The van der Waals surface area contributed by atoms with Gasteiger partial charge in [-0.15, -0.1) is 0 Å². The van der Waals surface area contributed by atoms with Crippen molar-refractivity contribution in [3.8, 4) is 0 Å². The van der Waals surface area contributed by atoms with Gasteiger partial charge in [0.1, 0.15) is 0 Å². The van der Waals surface area contributed by atoms with Crippen molar-refractivity contribution in [1.29, 1.82) is 0 Å². The Morgan fingerprint density at radius 1 is 0.864 bits per heavy atom. The molecule has 0 aliphatic heterocycles. The highest BCUT2D eigenvalue weighted by molar-refractivity contribution is 5.82. The Kier molecular flexibility index (Phi) is 14.1. The van der Waals surface area contributed by atoms with Crippen LogP contribution in [0.4, 0.5) is 0 Å². The molecule has 5 nitrogen and oxygen atoms in total. The molecule has 0 radical (unpaired) electrons. The van der Waals surface area contributed by atoms with Crippen molar-refractivity contribution in [2.45, 2.75) is 84.1 Å². The summed E-state index contributed by atoms with van der Waals surface area (Å²) >= 11 is 0. The molecule has 0 unspecified atom stereocenters. The molecule has 0 rings (SSSR count). The van der Waals surface area contributed by atoms with Gasteiger partial charge in [0.2, 0.25) is 11.8 Å². The molecule has 0 spiro atoms. The minimum atomic E-state index is -0.586.